The van der Waals surface area contributed by atoms with Crippen LogP contribution in [0.25, 0.3) is 6.08 Å². The van der Waals surface area contributed by atoms with Crippen LogP contribution in [-0.2, 0) is 17.0 Å². The smallest absolute Gasteiger partial charge is 0.149 e. The number of aliphatic imine (C=N–C) groups is 1. The van der Waals surface area contributed by atoms with Crippen molar-refractivity contribution in [3.05, 3.63) is 75.3 Å². The minimum atomic E-state index is -1.57. The number of hydrogen-bond acceptors (Lipinski definition) is 5. The van der Waals surface area contributed by atoms with Crippen LogP contribution in [0, 0.1) is 13.8 Å². The molecule has 0 unspecified atom stereocenters. The normalized spacial score (nSPS) is 13.9. The van der Waals surface area contributed by atoms with E-state index in [2.05, 4.69) is 58.3 Å². The Morgan fingerprint density at radius 2 is 1.94 bits per heavy atom. The number of nitrogens with zero attached hydrogens (tertiary/aromatic N) is 3. The molecule has 1 aromatic carbocycles. The Morgan fingerprint density at radius 3 is 2.49 bits per heavy atom. The van der Waals surface area contributed by atoms with E-state index in [9.17, 15) is 0 Å². The lowest BCUT2D eigenvalue weighted by Crippen LogP contribution is -2.19. The van der Waals surface area contributed by atoms with Crippen LogP contribution >= 0.6 is 0 Å². The van der Waals surface area contributed by atoms with E-state index in [0.29, 0.717) is 18.0 Å². The highest BCUT2D eigenvalue weighted by Crippen LogP contribution is 2.34. The monoisotopic (exact) mass is 480 g/mol. The van der Waals surface area contributed by atoms with Crippen LogP contribution < -0.4 is 5.32 Å². The lowest BCUT2D eigenvalue weighted by Gasteiger charge is -2.26. The number of nitrogens with one attached hydrogen (secondary N) is 1. The molecular weight excluding hydrogens is 439 g/mol. The first kappa shape index (κ1) is 28.2. The van der Waals surface area contributed by atoms with Gasteiger partial charge in [0.05, 0.1) is 12.3 Å². The van der Waals surface area contributed by atoms with Gasteiger partial charge in [-0.25, -0.2) is 4.39 Å². The topological polar surface area (TPSA) is 49.8 Å². The van der Waals surface area contributed by atoms with Gasteiger partial charge in [-0.2, -0.15) is 0 Å². The lowest BCUT2D eigenvalue weighted by atomic mass is 9.92. The van der Waals surface area contributed by atoms with Gasteiger partial charge in [-0.3, -0.25) is 9.98 Å². The maximum atomic E-state index is 15.0. The molecule has 0 spiro atoms. The SMILES string of the molecule is C/C=C(C=NC)/C(=C/c1c(COC)cc(C)cc1[C@@H](C)Nc1ccc(C)nc1C(C)(C)F)N(C)C. The fraction of sp³-hybridized carbons (Fsp3) is 0.448. The number of rotatable bonds is 10. The molecule has 5 nitrogen and oxygen atoms in total. The molecule has 0 aliphatic heterocycles. The van der Waals surface area contributed by atoms with Crippen molar-refractivity contribution >= 4 is 18.0 Å². The standard InChI is InChI=1S/C29H41FN4O/c1-11-22(17-31-7)27(34(8)9)16-25-23(18-35-10)14-19(2)15-24(25)21(4)33-26-13-12-20(3)32-28(26)29(5,6)30/h11-17,21,33H,18H2,1-10H3/b22-11+,27-16-,31-17?/t21-/m1/s1. The predicted octanol–water partition coefficient (Wildman–Crippen LogP) is 6.77. The zero-order valence-corrected chi connectivity index (χ0v) is 23.0. The van der Waals surface area contributed by atoms with Crippen molar-refractivity contribution in [2.24, 2.45) is 4.99 Å². The number of pyridine rings is 1. The van der Waals surface area contributed by atoms with E-state index < -0.39 is 5.67 Å². The average Bonchev–Trinajstić information content (AvgIpc) is 2.77. The highest BCUT2D eigenvalue weighted by Gasteiger charge is 2.26. The summed E-state index contributed by atoms with van der Waals surface area (Å²) < 4.78 is 20.6. The van der Waals surface area contributed by atoms with E-state index in [-0.39, 0.29) is 6.04 Å². The summed E-state index contributed by atoms with van der Waals surface area (Å²) in [7, 11) is 7.53. The van der Waals surface area contributed by atoms with Crippen molar-refractivity contribution in [1.29, 1.82) is 0 Å². The second kappa shape index (κ2) is 12.1. The third-order valence-corrected chi connectivity index (χ3v) is 5.82. The number of likely N-dealkylation sites (N-methyl/N-ethyl adjacent to an activating group) is 1. The largest absolute Gasteiger partial charge is 0.380 e. The zero-order chi connectivity index (χ0) is 26.3. The molecule has 0 aliphatic rings. The van der Waals surface area contributed by atoms with Crippen LogP contribution in [0.3, 0.4) is 0 Å². The van der Waals surface area contributed by atoms with Crippen LogP contribution in [0.4, 0.5) is 10.1 Å². The van der Waals surface area contributed by atoms with Gasteiger partial charge in [0.2, 0.25) is 0 Å². The van der Waals surface area contributed by atoms with Gasteiger partial charge in [0.15, 0.2) is 0 Å². The summed E-state index contributed by atoms with van der Waals surface area (Å²) in [5.41, 5.74) is 6.80. The number of halogens is 1. The van der Waals surface area contributed by atoms with Gasteiger partial charge in [-0.15, -0.1) is 0 Å². The van der Waals surface area contributed by atoms with E-state index in [0.717, 1.165) is 39.2 Å². The summed E-state index contributed by atoms with van der Waals surface area (Å²) in [6.45, 7) is 11.6. The molecule has 0 fully saturated rings. The summed E-state index contributed by atoms with van der Waals surface area (Å²) in [5.74, 6) is 0. The van der Waals surface area contributed by atoms with Crippen molar-refractivity contribution in [2.45, 2.75) is 59.9 Å². The molecule has 0 radical (unpaired) electrons. The molecule has 35 heavy (non-hydrogen) atoms. The molecule has 0 bridgehead atoms. The molecular formula is C29H41FN4O. The van der Waals surface area contributed by atoms with Crippen molar-refractivity contribution in [3.8, 4) is 0 Å². The first-order chi connectivity index (χ1) is 16.4. The van der Waals surface area contributed by atoms with E-state index in [1.54, 1.807) is 28.0 Å². The molecule has 190 valence electrons. The Bertz CT molecular complexity index is 1110. The van der Waals surface area contributed by atoms with Crippen molar-refractivity contribution < 1.29 is 9.13 Å². The fourth-order valence-corrected chi connectivity index (χ4v) is 4.18. The summed E-state index contributed by atoms with van der Waals surface area (Å²) >= 11 is 0. The second-order valence-electron chi connectivity index (χ2n) is 9.60. The minimum absolute atomic E-state index is 0.111. The van der Waals surface area contributed by atoms with Gasteiger partial charge in [0, 0.05) is 57.5 Å². The molecule has 1 aromatic heterocycles. The number of hydrogen-bond donors (Lipinski definition) is 1. The molecule has 2 rings (SSSR count). The van der Waals surface area contributed by atoms with Crippen LogP contribution in [0.5, 0.6) is 0 Å². The maximum Gasteiger partial charge on any atom is 0.149 e. The molecule has 0 amide bonds. The Hall–Kier alpha value is -2.99. The summed E-state index contributed by atoms with van der Waals surface area (Å²) in [5, 5.41) is 3.54. The molecule has 1 N–H and O–H groups in total. The maximum absolute atomic E-state index is 15.0. The Morgan fingerprint density at radius 1 is 1.26 bits per heavy atom. The van der Waals surface area contributed by atoms with E-state index in [1.165, 1.54) is 0 Å². The van der Waals surface area contributed by atoms with Crippen LogP contribution in [0.2, 0.25) is 0 Å². The van der Waals surface area contributed by atoms with Crippen LogP contribution in [0.15, 0.2) is 46.6 Å². The molecule has 0 saturated carbocycles. The van der Waals surface area contributed by atoms with E-state index >= 15 is 4.39 Å². The summed E-state index contributed by atoms with van der Waals surface area (Å²) in [6.07, 6.45) is 6.11. The number of aromatic nitrogens is 1. The highest BCUT2D eigenvalue weighted by atomic mass is 19.1. The number of aryl methyl sites for hydroxylation is 2. The number of benzene rings is 1. The highest BCUT2D eigenvalue weighted by molar-refractivity contribution is 5.87. The Labute approximate surface area is 210 Å². The third kappa shape index (κ3) is 7.25. The summed E-state index contributed by atoms with van der Waals surface area (Å²) in [6, 6.07) is 8.05. The Kier molecular flexibility index (Phi) is 9.78. The van der Waals surface area contributed by atoms with Gasteiger partial charge in [-0.05, 0) is 76.4 Å². The second-order valence-corrected chi connectivity index (χ2v) is 9.60. The Balaban J connectivity index is 2.72. The van der Waals surface area contributed by atoms with Crippen molar-refractivity contribution in [2.75, 3.05) is 33.6 Å². The van der Waals surface area contributed by atoms with Crippen LogP contribution in [-0.4, -0.2) is 44.4 Å². The lowest BCUT2D eigenvalue weighted by molar-refractivity contribution is 0.184. The molecule has 6 heteroatoms. The fourth-order valence-electron chi connectivity index (χ4n) is 4.18. The number of ether oxygens (including phenoxy) is 1. The number of methoxy groups -OCH3 is 1. The van der Waals surface area contributed by atoms with Gasteiger partial charge in [0.1, 0.15) is 11.4 Å². The average molecular weight is 481 g/mol. The van der Waals surface area contributed by atoms with Gasteiger partial charge in [-0.1, -0.05) is 23.8 Å². The number of allylic oxidation sites excluding steroid dienone is 2. The molecule has 2 aromatic rings. The zero-order valence-electron chi connectivity index (χ0n) is 23.0. The quantitative estimate of drug-likeness (QED) is 0.301. The van der Waals surface area contributed by atoms with Gasteiger partial charge >= 0.3 is 0 Å². The number of alkyl halides is 1. The van der Waals surface area contributed by atoms with Crippen LogP contribution in [0.1, 0.15) is 67.4 Å². The molecule has 0 saturated heterocycles. The van der Waals surface area contributed by atoms with E-state index in [4.69, 9.17) is 4.74 Å². The first-order valence-electron chi connectivity index (χ1n) is 12.0. The first-order valence-corrected chi connectivity index (χ1v) is 12.0. The molecule has 1 heterocycles. The van der Waals surface area contributed by atoms with Crippen molar-refractivity contribution in [1.82, 2.24) is 9.88 Å². The van der Waals surface area contributed by atoms with Gasteiger partial charge in [0.25, 0.3) is 0 Å². The summed E-state index contributed by atoms with van der Waals surface area (Å²) in [4.78, 5) is 10.8. The third-order valence-electron chi connectivity index (χ3n) is 5.82. The molecule has 1 atom stereocenters. The number of anilines is 1. The van der Waals surface area contributed by atoms with Crippen molar-refractivity contribution in [3.63, 3.8) is 0 Å². The molecule has 0 aliphatic carbocycles. The van der Waals surface area contributed by atoms with Gasteiger partial charge < -0.3 is 15.0 Å². The minimum Gasteiger partial charge on any atom is -0.380 e. The predicted molar refractivity (Wildman–Crippen MR) is 147 cm³/mol. The van der Waals surface area contributed by atoms with E-state index in [1.807, 2.05) is 46.3 Å².